The molecule has 0 aromatic rings. The molecule has 2 N–H and O–H groups in total. The van der Waals surface area contributed by atoms with E-state index in [0.29, 0.717) is 0 Å². The molecule has 118 valence electrons. The highest BCUT2D eigenvalue weighted by Crippen LogP contribution is 2.03. The van der Waals surface area contributed by atoms with Gasteiger partial charge in [0.05, 0.1) is 0 Å². The van der Waals surface area contributed by atoms with Crippen LogP contribution in [0.4, 0.5) is 0 Å². The van der Waals surface area contributed by atoms with E-state index >= 15 is 0 Å². The molecule has 0 heterocycles. The van der Waals surface area contributed by atoms with E-state index in [2.05, 4.69) is 19.2 Å². The molecule has 0 amide bonds. The highest BCUT2D eigenvalue weighted by atomic mass is 28.3. The molecule has 1 unspecified atom stereocenters. The second-order valence-corrected chi connectivity index (χ2v) is 6.57. The minimum atomic E-state index is -1.25. The van der Waals surface area contributed by atoms with Crippen LogP contribution in [0.3, 0.4) is 0 Å². The predicted octanol–water partition coefficient (Wildman–Crippen LogP) is 2.79. The molecule has 0 saturated carbocycles. The van der Waals surface area contributed by atoms with Gasteiger partial charge in [-0.15, -0.1) is 0 Å². The highest BCUT2D eigenvalue weighted by Gasteiger charge is 2.09. The summed E-state index contributed by atoms with van der Waals surface area (Å²) in [5, 5.41) is 11.6. The van der Waals surface area contributed by atoms with E-state index < -0.39 is 9.28 Å². The summed E-state index contributed by atoms with van der Waals surface area (Å²) in [7, 11) is -1.25. The van der Waals surface area contributed by atoms with E-state index in [9.17, 15) is 0 Å². The average Bonchev–Trinajstić information content (AvgIpc) is 2.37. The molecule has 0 aliphatic heterocycles. The maximum atomic E-state index is 8.67. The molecular weight excluding hydrogens is 258 g/mol. The second-order valence-electron chi connectivity index (χ2n) is 4.47. The Morgan fingerprint density at radius 2 is 1.53 bits per heavy atom. The van der Waals surface area contributed by atoms with Gasteiger partial charge < -0.3 is 14.0 Å². The Morgan fingerprint density at radius 3 is 1.89 bits per heavy atom. The first kappa shape index (κ1) is 21.4. The van der Waals surface area contributed by atoms with Crippen LogP contribution in [0.1, 0.15) is 60.3 Å². The van der Waals surface area contributed by atoms with Crippen LogP contribution in [-0.4, -0.2) is 40.4 Å². The van der Waals surface area contributed by atoms with E-state index in [-0.39, 0.29) is 6.23 Å². The Bertz CT molecular complexity index is 154. The van der Waals surface area contributed by atoms with E-state index in [1.165, 1.54) is 19.3 Å². The molecule has 0 spiro atoms. The minimum Gasteiger partial charge on any atom is -0.397 e. The van der Waals surface area contributed by atoms with Crippen molar-refractivity contribution in [3.63, 3.8) is 0 Å². The Labute approximate surface area is 121 Å². The fourth-order valence-electron chi connectivity index (χ4n) is 1.45. The summed E-state index contributed by atoms with van der Waals surface area (Å²) >= 11 is 0. The first-order valence-corrected chi connectivity index (χ1v) is 9.52. The number of unbranched alkanes of at least 4 members (excludes halogenated alkanes) is 2. The number of nitrogens with one attached hydrogen (secondary N) is 1. The summed E-state index contributed by atoms with van der Waals surface area (Å²) in [6, 6.07) is 1.16. The fraction of sp³-hybridized carbons (Fsp3) is 1.00. The smallest absolute Gasteiger partial charge is 0.321 e. The van der Waals surface area contributed by atoms with Gasteiger partial charge >= 0.3 is 9.28 Å². The highest BCUT2D eigenvalue weighted by molar-refractivity contribution is 6.44. The zero-order chi connectivity index (χ0) is 14.9. The molecule has 0 aliphatic rings. The van der Waals surface area contributed by atoms with Crippen molar-refractivity contribution in [2.24, 2.45) is 0 Å². The quantitative estimate of drug-likeness (QED) is 0.349. The molecule has 0 aromatic carbocycles. The molecule has 0 radical (unpaired) electrons. The monoisotopic (exact) mass is 293 g/mol. The van der Waals surface area contributed by atoms with Crippen molar-refractivity contribution < 1.29 is 14.0 Å². The number of hydrogen-bond donors (Lipinski definition) is 2. The first-order valence-electron chi connectivity index (χ1n) is 7.76. The molecule has 1 atom stereocenters. The van der Waals surface area contributed by atoms with E-state index in [1.54, 1.807) is 6.92 Å². The van der Waals surface area contributed by atoms with Crippen molar-refractivity contribution in [2.45, 2.75) is 72.6 Å². The third kappa shape index (κ3) is 20.5. The Hall–Kier alpha value is 0.0569. The van der Waals surface area contributed by atoms with Gasteiger partial charge in [-0.1, -0.05) is 33.1 Å². The average molecular weight is 294 g/mol. The van der Waals surface area contributed by atoms with Crippen LogP contribution in [0, 0.1) is 0 Å². The molecule has 5 heteroatoms. The van der Waals surface area contributed by atoms with Crippen LogP contribution in [0.5, 0.6) is 0 Å². The molecule has 4 nitrogen and oxygen atoms in total. The van der Waals surface area contributed by atoms with Gasteiger partial charge in [-0.3, -0.25) is 5.32 Å². The molecule has 0 aliphatic carbocycles. The van der Waals surface area contributed by atoms with Crippen molar-refractivity contribution in [3.05, 3.63) is 0 Å². The minimum absolute atomic E-state index is 0.346. The third-order valence-electron chi connectivity index (χ3n) is 2.47. The lowest BCUT2D eigenvalue weighted by Crippen LogP contribution is -2.25. The van der Waals surface area contributed by atoms with Crippen LogP contribution in [0.15, 0.2) is 0 Å². The van der Waals surface area contributed by atoms with Gasteiger partial charge in [0, 0.05) is 13.2 Å². The molecular formula is C14H35NO3Si. The zero-order valence-corrected chi connectivity index (χ0v) is 14.7. The van der Waals surface area contributed by atoms with Gasteiger partial charge in [0.1, 0.15) is 6.23 Å². The fourth-order valence-corrected chi connectivity index (χ4v) is 3.36. The van der Waals surface area contributed by atoms with Gasteiger partial charge in [0.2, 0.25) is 0 Å². The van der Waals surface area contributed by atoms with Gasteiger partial charge in [-0.05, 0) is 39.8 Å². The van der Waals surface area contributed by atoms with Crippen LogP contribution in [0.25, 0.3) is 0 Å². The van der Waals surface area contributed by atoms with Crippen LogP contribution < -0.4 is 5.32 Å². The lowest BCUT2D eigenvalue weighted by Gasteiger charge is -2.13. The van der Waals surface area contributed by atoms with Gasteiger partial charge in [-0.25, -0.2) is 0 Å². The summed E-state index contributed by atoms with van der Waals surface area (Å²) in [6.45, 7) is 12.7. The predicted molar refractivity (Wildman–Crippen MR) is 84.7 cm³/mol. The number of rotatable bonds is 11. The molecule has 0 bridgehead atoms. The van der Waals surface area contributed by atoms with Crippen molar-refractivity contribution >= 4 is 9.28 Å². The summed E-state index contributed by atoms with van der Waals surface area (Å²) in [4.78, 5) is 0. The van der Waals surface area contributed by atoms with E-state index in [4.69, 9.17) is 14.0 Å². The topological polar surface area (TPSA) is 50.7 Å². The summed E-state index contributed by atoms with van der Waals surface area (Å²) in [5.41, 5.74) is 0. The van der Waals surface area contributed by atoms with Gasteiger partial charge in [-0.2, -0.15) is 0 Å². The summed E-state index contributed by atoms with van der Waals surface area (Å²) in [6.07, 6.45) is 4.46. The maximum Gasteiger partial charge on any atom is 0.321 e. The largest absolute Gasteiger partial charge is 0.397 e. The Morgan fingerprint density at radius 1 is 1.00 bits per heavy atom. The SMILES string of the molecule is CCCCNC(C)O.CCCC[SiH](OCC)OCC. The number of hydrogen-bond acceptors (Lipinski definition) is 4. The molecule has 0 rings (SSSR count). The van der Waals surface area contributed by atoms with E-state index in [1.807, 2.05) is 13.8 Å². The molecule has 19 heavy (non-hydrogen) atoms. The number of aliphatic hydroxyl groups excluding tert-OH is 1. The number of aliphatic hydroxyl groups is 1. The van der Waals surface area contributed by atoms with Crippen molar-refractivity contribution in [1.29, 1.82) is 0 Å². The van der Waals surface area contributed by atoms with Crippen LogP contribution in [0.2, 0.25) is 6.04 Å². The van der Waals surface area contributed by atoms with Crippen LogP contribution in [-0.2, 0) is 8.85 Å². The lowest BCUT2D eigenvalue weighted by atomic mass is 10.3. The van der Waals surface area contributed by atoms with Crippen LogP contribution >= 0.6 is 0 Å². The molecule has 0 fully saturated rings. The normalized spacial score (nSPS) is 12.2. The zero-order valence-electron chi connectivity index (χ0n) is 13.6. The second kappa shape index (κ2) is 18.1. The first-order chi connectivity index (χ1) is 9.12. The van der Waals surface area contributed by atoms with Crippen molar-refractivity contribution in [3.8, 4) is 0 Å². The third-order valence-corrected chi connectivity index (χ3v) is 4.76. The standard InChI is InChI=1S/C8H20O2Si.C6H15NO/c1-4-7-8-11(9-5-2)10-6-3;1-3-4-5-7-6(2)8/h11H,4-8H2,1-3H3;6-8H,3-5H2,1-2H3. The molecule has 0 aromatic heterocycles. The summed E-state index contributed by atoms with van der Waals surface area (Å²) in [5.74, 6) is 0. The summed E-state index contributed by atoms with van der Waals surface area (Å²) < 4.78 is 11.0. The van der Waals surface area contributed by atoms with Gasteiger partial charge in [0.15, 0.2) is 0 Å². The van der Waals surface area contributed by atoms with E-state index in [0.717, 1.165) is 32.2 Å². The molecule has 0 saturated heterocycles. The maximum absolute atomic E-state index is 8.67. The van der Waals surface area contributed by atoms with Crippen molar-refractivity contribution in [1.82, 2.24) is 5.32 Å². The van der Waals surface area contributed by atoms with Gasteiger partial charge in [0.25, 0.3) is 0 Å². The Balaban J connectivity index is 0. The van der Waals surface area contributed by atoms with Crippen molar-refractivity contribution in [2.75, 3.05) is 19.8 Å². The Kier molecular flexibility index (Phi) is 20.3. The lowest BCUT2D eigenvalue weighted by molar-refractivity contribution is 0.156.